The smallest absolute Gasteiger partial charge is 0.116 e. The van der Waals surface area contributed by atoms with E-state index in [9.17, 15) is 0 Å². The molecule has 0 saturated carbocycles. The molecule has 0 unspecified atom stereocenters. The van der Waals surface area contributed by atoms with Crippen molar-refractivity contribution >= 4 is 22.5 Å². The van der Waals surface area contributed by atoms with Gasteiger partial charge < -0.3 is 4.57 Å². The Balaban J connectivity index is 2.17. The molecular weight excluding hydrogens is 258 g/mol. The van der Waals surface area contributed by atoms with Crippen molar-refractivity contribution in [1.82, 2.24) is 14.5 Å². The van der Waals surface area contributed by atoms with Crippen LogP contribution in [0.15, 0.2) is 30.7 Å². The Morgan fingerprint density at radius 1 is 1.26 bits per heavy atom. The van der Waals surface area contributed by atoms with Crippen LogP contribution in [0.5, 0.6) is 0 Å². The van der Waals surface area contributed by atoms with E-state index in [2.05, 4.69) is 27.6 Å². The molecule has 1 aliphatic rings. The van der Waals surface area contributed by atoms with Crippen LogP contribution in [0.2, 0.25) is 5.02 Å². The first-order valence-electron chi connectivity index (χ1n) is 6.32. The third-order valence-electron chi connectivity index (χ3n) is 3.94. The molecule has 4 rings (SSSR count). The largest absolute Gasteiger partial charge is 0.347 e. The lowest BCUT2D eigenvalue weighted by atomic mass is 9.93. The quantitative estimate of drug-likeness (QED) is 0.626. The van der Waals surface area contributed by atoms with Gasteiger partial charge in [-0.25, -0.2) is 9.97 Å². The van der Waals surface area contributed by atoms with E-state index in [0.717, 1.165) is 23.6 Å². The molecule has 0 radical (unpaired) electrons. The number of aryl methyl sites for hydroxylation is 2. The van der Waals surface area contributed by atoms with Crippen molar-refractivity contribution in [2.75, 3.05) is 0 Å². The van der Waals surface area contributed by atoms with Gasteiger partial charge in [-0.3, -0.25) is 0 Å². The van der Waals surface area contributed by atoms with Gasteiger partial charge in [-0.2, -0.15) is 0 Å². The van der Waals surface area contributed by atoms with Crippen LogP contribution in [0.4, 0.5) is 0 Å². The molecule has 19 heavy (non-hydrogen) atoms. The molecule has 2 heterocycles. The summed E-state index contributed by atoms with van der Waals surface area (Å²) in [5.74, 6) is 0. The van der Waals surface area contributed by atoms with Crippen molar-refractivity contribution in [2.24, 2.45) is 7.05 Å². The van der Waals surface area contributed by atoms with E-state index in [4.69, 9.17) is 11.6 Å². The average Bonchev–Trinajstić information content (AvgIpc) is 2.72. The van der Waals surface area contributed by atoms with Crippen LogP contribution < -0.4 is 0 Å². The molecule has 0 saturated heterocycles. The second-order valence-corrected chi connectivity index (χ2v) is 5.38. The second-order valence-electron chi connectivity index (χ2n) is 4.94. The minimum atomic E-state index is 0.766. The number of hydrogen-bond acceptors (Lipinski definition) is 2. The van der Waals surface area contributed by atoms with Crippen LogP contribution in [0.1, 0.15) is 11.3 Å². The minimum absolute atomic E-state index is 0.766. The molecule has 0 atom stereocenters. The summed E-state index contributed by atoms with van der Waals surface area (Å²) in [5.41, 5.74) is 6.06. The highest BCUT2D eigenvalue weighted by Gasteiger charge is 2.24. The van der Waals surface area contributed by atoms with Crippen LogP contribution in [0, 0.1) is 0 Å². The highest BCUT2D eigenvalue weighted by molar-refractivity contribution is 6.31. The highest BCUT2D eigenvalue weighted by atomic mass is 35.5. The summed E-state index contributed by atoms with van der Waals surface area (Å²) in [6.45, 7) is 0. The van der Waals surface area contributed by atoms with Crippen molar-refractivity contribution in [3.63, 3.8) is 0 Å². The minimum Gasteiger partial charge on any atom is -0.347 e. The van der Waals surface area contributed by atoms with Gasteiger partial charge >= 0.3 is 0 Å². The van der Waals surface area contributed by atoms with Crippen LogP contribution in [0.25, 0.3) is 22.2 Å². The van der Waals surface area contributed by atoms with Gasteiger partial charge in [0, 0.05) is 40.4 Å². The van der Waals surface area contributed by atoms with Crippen molar-refractivity contribution < 1.29 is 0 Å². The molecule has 0 spiro atoms. The Morgan fingerprint density at radius 2 is 2.16 bits per heavy atom. The predicted molar refractivity (Wildman–Crippen MR) is 76.4 cm³/mol. The highest BCUT2D eigenvalue weighted by Crippen LogP contribution is 2.39. The predicted octanol–water partition coefficient (Wildman–Crippen LogP) is 3.39. The molecular formula is C15H12ClN3. The van der Waals surface area contributed by atoms with Gasteiger partial charge in [-0.05, 0) is 36.6 Å². The first-order chi connectivity index (χ1) is 9.25. The van der Waals surface area contributed by atoms with Crippen LogP contribution in [-0.2, 0) is 19.9 Å². The second kappa shape index (κ2) is 3.81. The fraction of sp³-hybridized carbons (Fsp3) is 0.200. The lowest BCUT2D eigenvalue weighted by Crippen LogP contribution is -2.08. The van der Waals surface area contributed by atoms with E-state index in [1.54, 1.807) is 6.33 Å². The number of rotatable bonds is 0. The molecule has 0 aliphatic heterocycles. The fourth-order valence-electron chi connectivity index (χ4n) is 3.05. The van der Waals surface area contributed by atoms with Gasteiger partial charge in [-0.15, -0.1) is 0 Å². The maximum Gasteiger partial charge on any atom is 0.116 e. The van der Waals surface area contributed by atoms with Gasteiger partial charge in [0.05, 0.1) is 5.69 Å². The lowest BCUT2D eigenvalue weighted by Gasteiger charge is -2.16. The number of aromatic nitrogens is 3. The Kier molecular flexibility index (Phi) is 2.21. The zero-order chi connectivity index (χ0) is 13.0. The molecule has 1 aliphatic carbocycles. The first-order valence-corrected chi connectivity index (χ1v) is 6.69. The van der Waals surface area contributed by atoms with Crippen molar-refractivity contribution in [1.29, 1.82) is 0 Å². The van der Waals surface area contributed by atoms with Gasteiger partial charge in [-0.1, -0.05) is 11.6 Å². The van der Waals surface area contributed by atoms with E-state index in [-0.39, 0.29) is 0 Å². The van der Waals surface area contributed by atoms with Crippen LogP contribution in [0.3, 0.4) is 0 Å². The number of hydrogen-bond donors (Lipinski definition) is 0. The first kappa shape index (κ1) is 11.0. The normalized spacial score (nSPS) is 13.4. The summed E-state index contributed by atoms with van der Waals surface area (Å²) in [5, 5.41) is 1.95. The Labute approximate surface area is 115 Å². The Morgan fingerprint density at radius 3 is 3.05 bits per heavy atom. The molecule has 4 heteroatoms. The number of benzene rings is 1. The van der Waals surface area contributed by atoms with E-state index in [1.165, 1.54) is 27.7 Å². The number of nitrogens with zero attached hydrogens (tertiary/aromatic N) is 3. The van der Waals surface area contributed by atoms with Gasteiger partial charge in [0.15, 0.2) is 0 Å². The fourth-order valence-corrected chi connectivity index (χ4v) is 3.22. The number of fused-ring (bicyclic) bond motifs is 5. The summed E-state index contributed by atoms with van der Waals surface area (Å²) in [4.78, 5) is 8.62. The maximum absolute atomic E-state index is 6.16. The van der Waals surface area contributed by atoms with Crippen molar-refractivity contribution in [2.45, 2.75) is 12.8 Å². The molecule has 94 valence electrons. The molecule has 3 aromatic rings. The lowest BCUT2D eigenvalue weighted by molar-refractivity contribution is 0.802. The third-order valence-corrected chi connectivity index (χ3v) is 4.17. The summed E-state index contributed by atoms with van der Waals surface area (Å²) < 4.78 is 2.26. The molecule has 0 bridgehead atoms. The third kappa shape index (κ3) is 1.45. The standard InChI is InChI=1S/C15H12ClN3/c1-19-12-5-3-10(16)6-11(12)14-13(19)4-2-9-7-17-8-18-15(9)14/h3,5-8H,2,4H2,1H3. The van der Waals surface area contributed by atoms with E-state index in [1.807, 2.05) is 18.3 Å². The topological polar surface area (TPSA) is 30.7 Å². The summed E-state index contributed by atoms with van der Waals surface area (Å²) in [6.07, 6.45) is 5.57. The zero-order valence-corrected chi connectivity index (χ0v) is 11.3. The monoisotopic (exact) mass is 269 g/mol. The van der Waals surface area contributed by atoms with Gasteiger partial charge in [0.25, 0.3) is 0 Å². The molecule has 1 aromatic carbocycles. The maximum atomic E-state index is 6.16. The van der Waals surface area contributed by atoms with E-state index in [0.29, 0.717) is 0 Å². The Hall–Kier alpha value is -1.87. The Bertz CT molecular complexity index is 805. The van der Waals surface area contributed by atoms with Crippen molar-refractivity contribution in [3.8, 4) is 11.3 Å². The summed E-state index contributed by atoms with van der Waals surface area (Å²) in [7, 11) is 2.11. The zero-order valence-electron chi connectivity index (χ0n) is 10.5. The van der Waals surface area contributed by atoms with Gasteiger partial charge in [0.1, 0.15) is 6.33 Å². The molecule has 3 nitrogen and oxygen atoms in total. The van der Waals surface area contributed by atoms with E-state index < -0.39 is 0 Å². The van der Waals surface area contributed by atoms with Gasteiger partial charge in [0.2, 0.25) is 0 Å². The molecule has 0 fully saturated rings. The molecule has 0 N–H and O–H groups in total. The molecule has 2 aromatic heterocycles. The SMILES string of the molecule is Cn1c2c(c3cc(Cl)ccc31)-c1ncncc1CC2. The van der Waals surface area contributed by atoms with Crippen LogP contribution >= 0.6 is 11.6 Å². The number of halogens is 1. The molecule has 0 amide bonds. The average molecular weight is 270 g/mol. The summed E-state index contributed by atoms with van der Waals surface area (Å²) >= 11 is 6.16. The summed E-state index contributed by atoms with van der Waals surface area (Å²) in [6, 6.07) is 6.06. The van der Waals surface area contributed by atoms with Crippen molar-refractivity contribution in [3.05, 3.63) is 47.0 Å². The van der Waals surface area contributed by atoms with Crippen LogP contribution in [-0.4, -0.2) is 14.5 Å². The van der Waals surface area contributed by atoms with E-state index >= 15 is 0 Å².